The zero-order chi connectivity index (χ0) is 42.6. The Morgan fingerprint density at radius 3 is 0.983 bits per heavy atom. The summed E-state index contributed by atoms with van der Waals surface area (Å²) in [5.41, 5.74) is 9.01. The molecule has 0 bridgehead atoms. The van der Waals surface area contributed by atoms with Gasteiger partial charge in [-0.05, 0) is 107 Å². The zero-order valence-corrected chi connectivity index (χ0v) is 36.7. The van der Waals surface area contributed by atoms with Crippen molar-refractivity contribution in [3.05, 3.63) is 190 Å². The molecule has 8 aromatic rings. The normalized spacial score (nSPS) is 10.4. The number of hydrogen-bond acceptors (Lipinski definition) is 4. The smallest absolute Gasteiger partial charge is 0.239 e. The topological polar surface area (TPSA) is 64.6 Å². The van der Waals surface area contributed by atoms with Gasteiger partial charge in [0.1, 0.15) is 18.9 Å². The van der Waals surface area contributed by atoms with Crippen LogP contribution < -0.4 is 19.5 Å². The van der Waals surface area contributed by atoms with E-state index in [9.17, 15) is 4.32 Å². The van der Waals surface area contributed by atoms with Gasteiger partial charge >= 0.3 is 0 Å². The van der Waals surface area contributed by atoms with E-state index in [0.29, 0.717) is 20.1 Å². The molecule has 6 aromatic carbocycles. The van der Waals surface area contributed by atoms with Crippen molar-refractivity contribution in [3.8, 4) is 75.5 Å². The van der Waals surface area contributed by atoms with Gasteiger partial charge in [-0.25, -0.2) is 0 Å². The van der Waals surface area contributed by atoms with Crippen molar-refractivity contribution < 1.29 is 23.8 Å². The molecule has 0 aliphatic heterocycles. The minimum absolute atomic E-state index is 0.558. The van der Waals surface area contributed by atoms with E-state index in [-0.39, 0.29) is 0 Å². The first-order valence-corrected chi connectivity index (χ1v) is 21.4. The van der Waals surface area contributed by atoms with Crippen molar-refractivity contribution in [2.75, 3.05) is 14.2 Å². The fourth-order valence-electron chi connectivity index (χ4n) is 5.98. The van der Waals surface area contributed by atoms with E-state index in [1.54, 1.807) is 36.9 Å². The second kappa shape index (κ2) is 21.6. The highest BCUT2D eigenvalue weighted by atomic mass is 35.5. The fourth-order valence-corrected chi connectivity index (χ4v) is 8.79. The van der Waals surface area contributed by atoms with Crippen molar-refractivity contribution >= 4 is 76.5 Å². The van der Waals surface area contributed by atoms with Crippen LogP contribution in [0.25, 0.3) is 64.0 Å². The average Bonchev–Trinajstić information content (AvgIpc) is 3.28. The van der Waals surface area contributed by atoms with Gasteiger partial charge in [-0.15, -0.1) is 0 Å². The van der Waals surface area contributed by atoms with Gasteiger partial charge in [0.25, 0.3) is 0 Å². The number of methoxy groups -OCH3 is 2. The monoisotopic (exact) mass is 908 g/mol. The second-order valence-electron chi connectivity index (χ2n) is 12.9. The van der Waals surface area contributed by atoms with Crippen molar-refractivity contribution in [2.45, 2.75) is 0 Å². The van der Waals surface area contributed by atoms with E-state index >= 15 is 0 Å². The summed E-state index contributed by atoms with van der Waals surface area (Å²) in [5, 5.41) is 18.8. The Bertz CT molecular complexity index is 2470. The van der Waals surface area contributed by atoms with E-state index in [2.05, 4.69) is 97.1 Å². The van der Waals surface area contributed by atoms with Crippen LogP contribution in [0.15, 0.2) is 170 Å². The maximum absolute atomic E-state index is 9.89. The summed E-state index contributed by atoms with van der Waals surface area (Å²) in [7, 11) is 0.185. The lowest BCUT2D eigenvalue weighted by molar-refractivity contribution is -0.366. The van der Waals surface area contributed by atoms with Crippen LogP contribution in [-0.2, 0) is 0 Å². The molecule has 0 amide bonds. The van der Waals surface area contributed by atoms with Gasteiger partial charge in [0.15, 0.2) is 0 Å². The minimum atomic E-state index is -3.17. The number of rotatable bonds is 8. The third-order valence-corrected chi connectivity index (χ3v) is 12.7. The predicted octanol–water partition coefficient (Wildman–Crippen LogP) is 14.4. The Morgan fingerprint density at radius 2 is 0.683 bits per heavy atom. The maximum atomic E-state index is 9.89. The van der Waals surface area contributed by atoms with E-state index in [0.717, 1.165) is 54.6 Å². The Labute approximate surface area is 377 Å². The first-order valence-electron chi connectivity index (χ1n) is 18.2. The van der Waals surface area contributed by atoms with Crippen molar-refractivity contribution in [2.24, 2.45) is 0 Å². The Balaban J connectivity index is 0.000000185. The van der Waals surface area contributed by atoms with Crippen molar-refractivity contribution in [1.29, 1.82) is 0 Å². The standard InChI is InChI=1S/2C24H17Cl2OS.BFO2/c2*1-27-20-10-7-16(8-11-20)19-14-23(17-5-3-2-4-6-17)28-24(15-19)18-9-12-21(25)22(26)13-18;2-1(3)4/h2*2-15H,1H3;/q2*+1;-2. The molecule has 2 aromatic heterocycles. The number of halogens is 5. The second-order valence-corrected chi connectivity index (χ2v) is 16.7. The SMILES string of the molecule is COc1ccc(-c2cc(-c3ccccc3)[s+]c(-c3ccc(Cl)c(Cl)c3)c2)cc1.COc1ccc(-c2cc(-c3ccccc3)[s+]c(-c3ccc(Cl)c(Cl)c3)c2)cc1.[O-]B([O-])F. The molecule has 0 atom stereocenters. The summed E-state index contributed by atoms with van der Waals surface area (Å²) in [4.78, 5) is 4.64. The van der Waals surface area contributed by atoms with Gasteiger partial charge in [-0.1, -0.05) is 107 Å². The lowest BCUT2D eigenvalue weighted by Gasteiger charge is -2.09. The molecule has 2 heterocycles. The maximum Gasteiger partial charge on any atom is 0.239 e. The lowest BCUT2D eigenvalue weighted by atomic mass is 10.0. The molecule has 60 heavy (non-hydrogen) atoms. The molecule has 0 N–H and O–H groups in total. The minimum Gasteiger partial charge on any atom is -0.867 e. The zero-order valence-electron chi connectivity index (χ0n) is 32.1. The van der Waals surface area contributed by atoms with Crippen LogP contribution in [0.5, 0.6) is 11.5 Å². The quantitative estimate of drug-likeness (QED) is 0.113. The van der Waals surface area contributed by atoms with Gasteiger partial charge in [0.05, 0.1) is 34.3 Å². The molecule has 300 valence electrons. The van der Waals surface area contributed by atoms with Crippen LogP contribution >= 0.6 is 69.1 Å². The molecule has 0 saturated heterocycles. The highest BCUT2D eigenvalue weighted by molar-refractivity contribution is 7.18. The van der Waals surface area contributed by atoms with Gasteiger partial charge in [0, 0.05) is 46.5 Å². The molecular weight excluding hydrogens is 876 g/mol. The number of hydrogen-bond donors (Lipinski definition) is 0. The molecule has 0 aliphatic carbocycles. The Kier molecular flexibility index (Phi) is 16.1. The number of ether oxygens (including phenoxy) is 2. The molecule has 0 unspecified atom stereocenters. The van der Waals surface area contributed by atoms with Crippen LogP contribution in [0, 0.1) is 0 Å². The summed E-state index contributed by atoms with van der Waals surface area (Å²) in [5.74, 6) is 1.69. The third-order valence-electron chi connectivity index (χ3n) is 8.96. The Hall–Kier alpha value is -4.87. The van der Waals surface area contributed by atoms with E-state index in [1.807, 2.05) is 72.8 Å². The first kappa shape index (κ1) is 44.7. The van der Waals surface area contributed by atoms with E-state index in [1.165, 1.54) is 20.9 Å². The summed E-state index contributed by atoms with van der Waals surface area (Å²) in [6.45, 7) is 0. The molecule has 4 nitrogen and oxygen atoms in total. The molecule has 0 aliphatic rings. The number of benzene rings is 6. The third kappa shape index (κ3) is 12.1. The molecule has 0 saturated carbocycles. The van der Waals surface area contributed by atoms with Gasteiger partial charge in [-0.2, -0.15) is 0 Å². The van der Waals surface area contributed by atoms with Crippen LogP contribution in [-0.4, -0.2) is 21.6 Å². The summed E-state index contributed by atoms with van der Waals surface area (Å²) in [6.07, 6.45) is 0. The molecule has 0 fully saturated rings. The molecule has 0 radical (unpaired) electrons. The highest BCUT2D eigenvalue weighted by Crippen LogP contribution is 2.41. The van der Waals surface area contributed by atoms with Crippen molar-refractivity contribution in [3.63, 3.8) is 0 Å². The van der Waals surface area contributed by atoms with Gasteiger partial charge in [0.2, 0.25) is 42.2 Å². The Morgan fingerprint density at radius 1 is 0.383 bits per heavy atom. The van der Waals surface area contributed by atoms with E-state index < -0.39 is 7.40 Å². The summed E-state index contributed by atoms with van der Waals surface area (Å²) < 4.78 is 20.5. The molecule has 8 rings (SSSR count). The largest absolute Gasteiger partial charge is 0.867 e. The summed E-state index contributed by atoms with van der Waals surface area (Å²) >= 11 is 28.2. The summed E-state index contributed by atoms with van der Waals surface area (Å²) in [6, 6.07) is 57.4. The van der Waals surface area contributed by atoms with Crippen LogP contribution in [0.1, 0.15) is 0 Å². The lowest BCUT2D eigenvalue weighted by Crippen LogP contribution is -2.39. The van der Waals surface area contributed by atoms with E-state index in [4.69, 9.17) is 65.9 Å². The molecule has 12 heteroatoms. The van der Waals surface area contributed by atoms with Crippen LogP contribution in [0.4, 0.5) is 4.32 Å². The first-order chi connectivity index (χ1) is 29.0. The van der Waals surface area contributed by atoms with Crippen molar-refractivity contribution in [1.82, 2.24) is 0 Å². The van der Waals surface area contributed by atoms with Gasteiger partial charge in [-0.3, -0.25) is 0 Å². The average molecular weight is 911 g/mol. The van der Waals surface area contributed by atoms with Gasteiger partial charge < -0.3 is 23.8 Å². The van der Waals surface area contributed by atoms with Crippen LogP contribution in [0.3, 0.4) is 0 Å². The van der Waals surface area contributed by atoms with Crippen LogP contribution in [0.2, 0.25) is 20.1 Å². The fraction of sp³-hybridized carbons (Fsp3) is 0.0417. The highest BCUT2D eigenvalue weighted by Gasteiger charge is 2.21. The predicted molar refractivity (Wildman–Crippen MR) is 250 cm³/mol. The molecule has 0 spiro atoms. The molecular formula is C48H34BCl4FO4S2.